The summed E-state index contributed by atoms with van der Waals surface area (Å²) in [6.45, 7) is 7.98. The van der Waals surface area contributed by atoms with Gasteiger partial charge in [0.1, 0.15) is 17.3 Å². The average Bonchev–Trinajstić information content (AvgIpc) is 3.92. The maximum atomic E-state index is 5.96. The van der Waals surface area contributed by atoms with Crippen LogP contribution in [-0.4, -0.2) is 81.5 Å². The number of hydrogen-bond acceptors (Lipinski definition) is 11. The molecule has 8 rings (SSSR count). The third kappa shape index (κ3) is 6.92. The smallest absolute Gasteiger partial charge is 0.229 e. The molecule has 1 saturated carbocycles. The average molecular weight is 765 g/mol. The normalized spacial score (nSPS) is 14.7. The lowest BCUT2D eigenvalue weighted by atomic mass is 10.1. The highest BCUT2D eigenvalue weighted by molar-refractivity contribution is 9.10. The molecule has 1 aliphatic carbocycles. The Balaban J connectivity index is 1.09. The molecule has 260 valence electrons. The number of aromatic nitrogens is 7. The second-order valence-electron chi connectivity index (χ2n) is 13.0. The largest absolute Gasteiger partial charge is 0.494 e. The Morgan fingerprint density at radius 2 is 1.67 bits per heavy atom. The maximum absolute atomic E-state index is 5.96. The van der Waals surface area contributed by atoms with Crippen molar-refractivity contribution in [3.8, 4) is 17.0 Å². The molecule has 2 fully saturated rings. The van der Waals surface area contributed by atoms with Gasteiger partial charge in [0.25, 0.3) is 0 Å². The van der Waals surface area contributed by atoms with Gasteiger partial charge in [0, 0.05) is 97.1 Å². The first-order chi connectivity index (χ1) is 24.8. The first kappa shape index (κ1) is 33.3. The first-order valence-corrected chi connectivity index (χ1v) is 20.0. The van der Waals surface area contributed by atoms with Gasteiger partial charge in [-0.25, -0.2) is 4.98 Å². The van der Waals surface area contributed by atoms with Crippen LogP contribution in [0.2, 0.25) is 0 Å². The zero-order valence-electron chi connectivity index (χ0n) is 29.0. The van der Waals surface area contributed by atoms with E-state index in [1.54, 1.807) is 24.3 Å². The van der Waals surface area contributed by atoms with E-state index < -0.39 is 7.92 Å². The molecule has 51 heavy (non-hydrogen) atoms. The lowest BCUT2D eigenvalue weighted by molar-refractivity contribution is 0.416. The van der Waals surface area contributed by atoms with Crippen LogP contribution < -0.4 is 30.5 Å². The van der Waals surface area contributed by atoms with E-state index in [1.807, 2.05) is 19.4 Å². The first-order valence-electron chi connectivity index (χ1n) is 17.0. The summed E-state index contributed by atoms with van der Waals surface area (Å²) in [7, 11) is 3.06. The van der Waals surface area contributed by atoms with E-state index in [9.17, 15) is 0 Å². The predicted octanol–water partition coefficient (Wildman–Crippen LogP) is 7.04. The van der Waals surface area contributed by atoms with Gasteiger partial charge in [0.15, 0.2) is 0 Å². The second kappa shape index (κ2) is 14.0. The van der Waals surface area contributed by atoms with Crippen molar-refractivity contribution in [3.63, 3.8) is 0 Å². The lowest BCUT2D eigenvalue weighted by Crippen LogP contribution is -2.46. The summed E-state index contributed by atoms with van der Waals surface area (Å²) < 4.78 is 6.72. The van der Waals surface area contributed by atoms with Crippen molar-refractivity contribution in [2.75, 3.05) is 67.1 Å². The molecule has 0 unspecified atom stereocenters. The molecule has 4 aromatic heterocycles. The molecule has 1 saturated heterocycles. The van der Waals surface area contributed by atoms with Crippen LogP contribution in [0.3, 0.4) is 0 Å². The fraction of sp³-hybridized carbons (Fsp3) is 0.297. The molecule has 0 amide bonds. The number of halogens is 1. The maximum Gasteiger partial charge on any atom is 0.229 e. The molecular weight excluding hydrogens is 725 g/mol. The second-order valence-corrected chi connectivity index (χ2v) is 16.1. The zero-order valence-corrected chi connectivity index (χ0v) is 31.5. The molecule has 2 aromatic carbocycles. The summed E-state index contributed by atoms with van der Waals surface area (Å²) in [5.41, 5.74) is 7.91. The van der Waals surface area contributed by atoms with Crippen LogP contribution in [0.15, 0.2) is 77.8 Å². The van der Waals surface area contributed by atoms with Gasteiger partial charge < -0.3 is 25.2 Å². The Morgan fingerprint density at radius 3 is 2.37 bits per heavy atom. The number of methoxy groups -OCH3 is 1. The molecule has 2 N–H and O–H groups in total. The van der Waals surface area contributed by atoms with Crippen LogP contribution in [0, 0.1) is 0 Å². The minimum atomic E-state index is -0.448. The van der Waals surface area contributed by atoms with E-state index in [0.717, 1.165) is 64.5 Å². The molecule has 6 aromatic rings. The van der Waals surface area contributed by atoms with E-state index in [4.69, 9.17) is 14.7 Å². The van der Waals surface area contributed by atoms with E-state index >= 15 is 0 Å². The number of pyridine rings is 2. The van der Waals surface area contributed by atoms with Crippen molar-refractivity contribution in [3.05, 3.63) is 83.5 Å². The highest BCUT2D eigenvalue weighted by Gasteiger charge is 2.26. The number of hydrogen-bond donors (Lipinski definition) is 2. The lowest BCUT2D eigenvalue weighted by Gasteiger charge is -2.38. The Labute approximate surface area is 306 Å². The van der Waals surface area contributed by atoms with E-state index in [1.165, 1.54) is 34.9 Å². The molecule has 0 spiro atoms. The van der Waals surface area contributed by atoms with E-state index in [-0.39, 0.29) is 0 Å². The van der Waals surface area contributed by atoms with Crippen LogP contribution in [0.1, 0.15) is 24.5 Å². The fourth-order valence-electron chi connectivity index (χ4n) is 6.69. The van der Waals surface area contributed by atoms with Gasteiger partial charge in [-0.3, -0.25) is 9.97 Å². The number of benzene rings is 2. The predicted molar refractivity (Wildman–Crippen MR) is 210 cm³/mol. The standard InChI is InChI=1S/C37H39BrN11OP/c1-47-41-22-32(46-47)26-19-31(34(50-2)20-33(26)49-17-15-48(16-18-49)24-11-13-39-14-12-24)44-37-40-21-27(38)36(45-37)43-30-10-9-29-25(35(30)51(3)4)7-8-28(42-29)23-5-6-23/h7-14,19-23H,5-6,15-18H2,1-4H3,(H2,40,43,44,45). The van der Waals surface area contributed by atoms with Gasteiger partial charge in [0.05, 0.1) is 34.7 Å². The topological polar surface area (TPSA) is 122 Å². The molecule has 0 bridgehead atoms. The van der Waals surface area contributed by atoms with Crippen LogP contribution in [0.4, 0.5) is 34.5 Å². The Kier molecular flexibility index (Phi) is 9.16. The van der Waals surface area contributed by atoms with Crippen molar-refractivity contribution in [2.45, 2.75) is 18.8 Å². The summed E-state index contributed by atoms with van der Waals surface area (Å²) in [5, 5.41) is 18.6. The minimum Gasteiger partial charge on any atom is -0.494 e. The van der Waals surface area contributed by atoms with Crippen molar-refractivity contribution in [1.29, 1.82) is 0 Å². The van der Waals surface area contributed by atoms with Gasteiger partial charge in [-0.2, -0.15) is 20.0 Å². The summed E-state index contributed by atoms with van der Waals surface area (Å²) in [5.74, 6) is 2.37. The number of nitrogens with zero attached hydrogens (tertiary/aromatic N) is 9. The molecule has 1 aliphatic heterocycles. The SMILES string of the molecule is COc1cc(N2CCN(c3ccncc3)CC2)c(-c2cnn(C)n2)cc1Nc1ncc(Br)c(Nc2ccc3nc(C4CC4)ccc3c2P(C)C)n1. The Bertz CT molecular complexity index is 2200. The van der Waals surface area contributed by atoms with Crippen LogP contribution in [0.5, 0.6) is 5.75 Å². The molecule has 2 aliphatic rings. The van der Waals surface area contributed by atoms with E-state index in [0.29, 0.717) is 23.4 Å². The summed E-state index contributed by atoms with van der Waals surface area (Å²) in [6.07, 6.45) is 9.70. The highest BCUT2D eigenvalue weighted by atomic mass is 79.9. The quantitative estimate of drug-likeness (QED) is 0.140. The number of nitrogens with one attached hydrogen (secondary N) is 2. The molecular formula is C37H39BrN11OP. The van der Waals surface area contributed by atoms with Gasteiger partial charge in [-0.15, -0.1) is 0 Å². The monoisotopic (exact) mass is 763 g/mol. The number of anilines is 6. The van der Waals surface area contributed by atoms with Gasteiger partial charge in [-0.1, -0.05) is 14.0 Å². The summed E-state index contributed by atoms with van der Waals surface area (Å²) in [4.78, 5) is 25.1. The molecule has 5 heterocycles. The number of piperazine rings is 1. The Morgan fingerprint density at radius 1 is 0.882 bits per heavy atom. The molecule has 0 atom stereocenters. The Hall–Kier alpha value is -4.87. The van der Waals surface area contributed by atoms with Crippen LogP contribution in [0.25, 0.3) is 22.2 Å². The number of aryl methyl sites for hydroxylation is 1. The minimum absolute atomic E-state index is 0.427. The molecule has 12 nitrogen and oxygen atoms in total. The van der Waals surface area contributed by atoms with Crippen molar-refractivity contribution >= 4 is 74.6 Å². The summed E-state index contributed by atoms with van der Waals surface area (Å²) >= 11 is 3.69. The summed E-state index contributed by atoms with van der Waals surface area (Å²) in [6, 6.07) is 16.9. The van der Waals surface area contributed by atoms with Crippen molar-refractivity contribution in [2.24, 2.45) is 7.05 Å². The van der Waals surface area contributed by atoms with Crippen molar-refractivity contribution < 1.29 is 4.74 Å². The third-order valence-electron chi connectivity index (χ3n) is 9.39. The van der Waals surface area contributed by atoms with Crippen LogP contribution >= 0.6 is 23.9 Å². The van der Waals surface area contributed by atoms with E-state index in [2.05, 4.69) is 118 Å². The number of ether oxygens (including phenoxy) is 1. The highest BCUT2D eigenvalue weighted by Crippen LogP contribution is 2.42. The third-order valence-corrected chi connectivity index (χ3v) is 11.3. The number of rotatable bonds is 10. The van der Waals surface area contributed by atoms with Crippen LogP contribution in [-0.2, 0) is 7.05 Å². The zero-order chi connectivity index (χ0) is 35.1. The van der Waals surface area contributed by atoms with Gasteiger partial charge in [0.2, 0.25) is 5.95 Å². The van der Waals surface area contributed by atoms with Gasteiger partial charge >= 0.3 is 0 Å². The van der Waals surface area contributed by atoms with Crippen molar-refractivity contribution in [1.82, 2.24) is 34.9 Å². The molecule has 14 heteroatoms. The number of fused-ring (bicyclic) bond motifs is 1. The molecule has 0 radical (unpaired) electrons. The fourth-order valence-corrected chi connectivity index (χ4v) is 8.26. The van der Waals surface area contributed by atoms with Gasteiger partial charge in [-0.05, 0) is 78.5 Å².